The maximum absolute atomic E-state index is 12.2. The molecule has 19 heavy (non-hydrogen) atoms. The summed E-state index contributed by atoms with van der Waals surface area (Å²) in [5.74, 6) is 0.194. The molecule has 1 aliphatic heterocycles. The molecule has 1 aromatic carbocycles. The molecule has 0 spiro atoms. The van der Waals surface area contributed by atoms with Crippen molar-refractivity contribution in [3.05, 3.63) is 33.3 Å². The third-order valence-electron chi connectivity index (χ3n) is 3.59. The van der Waals surface area contributed by atoms with Crippen LogP contribution in [0.25, 0.3) is 0 Å². The van der Waals surface area contributed by atoms with E-state index in [-0.39, 0.29) is 11.9 Å². The number of hydrogen-bond donors (Lipinski definition) is 1. The monoisotopic (exact) mass is 344 g/mol. The number of aryl methyl sites for hydroxylation is 1. The fourth-order valence-corrected chi connectivity index (χ4v) is 3.17. The lowest BCUT2D eigenvalue weighted by molar-refractivity contribution is -0.131. The first-order valence-corrected chi connectivity index (χ1v) is 7.72. The molecule has 0 radical (unpaired) electrons. The van der Waals surface area contributed by atoms with Crippen LogP contribution in [0, 0.1) is 0 Å². The normalized spacial score (nSPS) is 18.9. The number of carbonyl (C=O) groups excluding carboxylic acids is 1. The Balaban J connectivity index is 1.95. The van der Waals surface area contributed by atoms with Crippen molar-refractivity contribution in [1.82, 2.24) is 4.90 Å². The lowest BCUT2D eigenvalue weighted by Crippen LogP contribution is -2.40. The Morgan fingerprint density at radius 1 is 1.53 bits per heavy atom. The Bertz CT molecular complexity index is 467. The van der Waals surface area contributed by atoms with Crippen LogP contribution in [0.15, 0.2) is 22.7 Å². The summed E-state index contributed by atoms with van der Waals surface area (Å²) in [5.41, 5.74) is 6.77. The zero-order valence-electron chi connectivity index (χ0n) is 10.7. The Morgan fingerprint density at radius 2 is 2.32 bits per heavy atom. The zero-order valence-corrected chi connectivity index (χ0v) is 13.1. The number of hydrogen-bond acceptors (Lipinski definition) is 2. The molecule has 104 valence electrons. The predicted molar refractivity (Wildman–Crippen MR) is 81.3 cm³/mol. The minimum Gasteiger partial charge on any atom is -0.338 e. The van der Waals surface area contributed by atoms with E-state index in [0.717, 1.165) is 29.4 Å². The number of rotatable bonds is 4. The molecule has 5 heteroatoms. The van der Waals surface area contributed by atoms with Crippen LogP contribution in [-0.4, -0.2) is 29.9 Å². The molecule has 0 bridgehead atoms. The van der Waals surface area contributed by atoms with E-state index in [4.69, 9.17) is 17.3 Å². The standard InChI is InChI=1S/C14H18BrClN2O/c15-13-5-4-11(16)8-10(13)3-6-14(19)18-7-1-2-12(18)9-17/h4-5,8,12H,1-3,6-7,9,17H2/t12-/m0/s1. The van der Waals surface area contributed by atoms with Gasteiger partial charge in [-0.15, -0.1) is 0 Å². The average molecular weight is 346 g/mol. The lowest BCUT2D eigenvalue weighted by atomic mass is 10.1. The number of nitrogens with zero attached hydrogens (tertiary/aromatic N) is 1. The van der Waals surface area contributed by atoms with E-state index in [1.807, 2.05) is 23.1 Å². The molecule has 2 N–H and O–H groups in total. The van der Waals surface area contributed by atoms with E-state index in [1.165, 1.54) is 0 Å². The molecule has 1 saturated heterocycles. The van der Waals surface area contributed by atoms with Gasteiger partial charge >= 0.3 is 0 Å². The lowest BCUT2D eigenvalue weighted by Gasteiger charge is -2.23. The Labute approximate surface area is 127 Å². The van der Waals surface area contributed by atoms with Crippen LogP contribution >= 0.6 is 27.5 Å². The van der Waals surface area contributed by atoms with Crippen molar-refractivity contribution in [3.63, 3.8) is 0 Å². The van der Waals surface area contributed by atoms with Gasteiger partial charge in [0.05, 0.1) is 0 Å². The van der Waals surface area contributed by atoms with Gasteiger partial charge in [-0.3, -0.25) is 4.79 Å². The zero-order chi connectivity index (χ0) is 13.8. The van der Waals surface area contributed by atoms with Gasteiger partial charge in [-0.25, -0.2) is 0 Å². The second kappa shape index (κ2) is 6.73. The topological polar surface area (TPSA) is 46.3 Å². The summed E-state index contributed by atoms with van der Waals surface area (Å²) in [6.07, 6.45) is 3.31. The van der Waals surface area contributed by atoms with Crippen LogP contribution in [0.4, 0.5) is 0 Å². The fourth-order valence-electron chi connectivity index (χ4n) is 2.53. The van der Waals surface area contributed by atoms with E-state index < -0.39 is 0 Å². The van der Waals surface area contributed by atoms with Crippen molar-refractivity contribution in [1.29, 1.82) is 0 Å². The highest BCUT2D eigenvalue weighted by Crippen LogP contribution is 2.23. The summed E-state index contributed by atoms with van der Waals surface area (Å²) in [5, 5.41) is 0.701. The summed E-state index contributed by atoms with van der Waals surface area (Å²) in [6, 6.07) is 5.89. The summed E-state index contributed by atoms with van der Waals surface area (Å²) in [6.45, 7) is 1.41. The minimum absolute atomic E-state index is 0.194. The molecule has 0 saturated carbocycles. The van der Waals surface area contributed by atoms with Gasteiger partial charge in [-0.05, 0) is 43.0 Å². The molecular formula is C14H18BrClN2O. The van der Waals surface area contributed by atoms with Crippen molar-refractivity contribution in [2.45, 2.75) is 31.7 Å². The van der Waals surface area contributed by atoms with Crippen LogP contribution in [0.1, 0.15) is 24.8 Å². The molecule has 1 heterocycles. The number of halogens is 2. The van der Waals surface area contributed by atoms with Crippen LogP contribution < -0.4 is 5.73 Å². The van der Waals surface area contributed by atoms with Crippen molar-refractivity contribution < 1.29 is 4.79 Å². The van der Waals surface area contributed by atoms with Gasteiger partial charge in [-0.2, -0.15) is 0 Å². The molecule has 3 nitrogen and oxygen atoms in total. The summed E-state index contributed by atoms with van der Waals surface area (Å²) >= 11 is 9.46. The van der Waals surface area contributed by atoms with Crippen LogP contribution in [0.3, 0.4) is 0 Å². The molecule has 1 aromatic rings. The number of carbonyl (C=O) groups is 1. The second-order valence-corrected chi connectivity index (χ2v) is 6.15. The molecule has 2 rings (SSSR count). The highest BCUT2D eigenvalue weighted by molar-refractivity contribution is 9.10. The van der Waals surface area contributed by atoms with E-state index in [1.54, 1.807) is 0 Å². The molecule has 1 atom stereocenters. The van der Waals surface area contributed by atoms with Gasteiger partial charge in [0.25, 0.3) is 0 Å². The molecule has 0 aromatic heterocycles. The van der Waals surface area contributed by atoms with Crippen molar-refractivity contribution in [2.24, 2.45) is 5.73 Å². The first-order chi connectivity index (χ1) is 9.11. The van der Waals surface area contributed by atoms with Crippen LogP contribution in [-0.2, 0) is 11.2 Å². The number of benzene rings is 1. The van der Waals surface area contributed by atoms with Crippen molar-refractivity contribution in [3.8, 4) is 0 Å². The first-order valence-electron chi connectivity index (χ1n) is 6.55. The SMILES string of the molecule is NC[C@@H]1CCCN1C(=O)CCc1cc(Cl)ccc1Br. The molecule has 1 fully saturated rings. The molecule has 1 aliphatic rings. The average Bonchev–Trinajstić information content (AvgIpc) is 2.88. The first kappa shape index (κ1) is 14.8. The minimum atomic E-state index is 0.194. The Kier molecular flexibility index (Phi) is 5.25. The van der Waals surface area contributed by atoms with Gasteiger partial charge < -0.3 is 10.6 Å². The van der Waals surface area contributed by atoms with E-state index in [2.05, 4.69) is 15.9 Å². The Morgan fingerprint density at radius 3 is 3.05 bits per heavy atom. The van der Waals surface area contributed by atoms with E-state index in [9.17, 15) is 4.79 Å². The fraction of sp³-hybridized carbons (Fsp3) is 0.500. The largest absolute Gasteiger partial charge is 0.338 e. The summed E-state index contributed by atoms with van der Waals surface area (Å²) in [7, 11) is 0. The van der Waals surface area contributed by atoms with Gasteiger partial charge in [0.1, 0.15) is 0 Å². The van der Waals surface area contributed by atoms with E-state index in [0.29, 0.717) is 24.4 Å². The third-order valence-corrected chi connectivity index (χ3v) is 4.59. The maximum Gasteiger partial charge on any atom is 0.223 e. The van der Waals surface area contributed by atoms with Gasteiger partial charge in [0, 0.05) is 35.0 Å². The van der Waals surface area contributed by atoms with Crippen LogP contribution in [0.5, 0.6) is 0 Å². The van der Waals surface area contributed by atoms with Crippen molar-refractivity contribution in [2.75, 3.05) is 13.1 Å². The maximum atomic E-state index is 12.2. The molecular weight excluding hydrogens is 328 g/mol. The number of nitrogens with two attached hydrogens (primary N) is 1. The molecule has 0 unspecified atom stereocenters. The predicted octanol–water partition coefficient (Wildman–Crippen LogP) is 2.98. The van der Waals surface area contributed by atoms with Gasteiger partial charge in [0.2, 0.25) is 5.91 Å². The van der Waals surface area contributed by atoms with Gasteiger partial charge in [-0.1, -0.05) is 27.5 Å². The molecule has 0 aliphatic carbocycles. The Hall–Kier alpha value is -0.580. The smallest absolute Gasteiger partial charge is 0.223 e. The summed E-state index contributed by atoms with van der Waals surface area (Å²) in [4.78, 5) is 14.1. The van der Waals surface area contributed by atoms with Crippen molar-refractivity contribution >= 4 is 33.4 Å². The molecule has 1 amide bonds. The summed E-state index contributed by atoms with van der Waals surface area (Å²) < 4.78 is 1.00. The number of amides is 1. The highest BCUT2D eigenvalue weighted by atomic mass is 79.9. The second-order valence-electron chi connectivity index (χ2n) is 4.85. The quantitative estimate of drug-likeness (QED) is 0.912. The highest BCUT2D eigenvalue weighted by Gasteiger charge is 2.26. The third kappa shape index (κ3) is 3.71. The number of likely N-dealkylation sites (tertiary alicyclic amines) is 1. The van der Waals surface area contributed by atoms with Gasteiger partial charge in [0.15, 0.2) is 0 Å². The van der Waals surface area contributed by atoms with E-state index >= 15 is 0 Å². The van der Waals surface area contributed by atoms with Crippen LogP contribution in [0.2, 0.25) is 5.02 Å².